The van der Waals surface area contributed by atoms with Crippen molar-refractivity contribution in [1.29, 1.82) is 0 Å². The van der Waals surface area contributed by atoms with E-state index in [1.165, 1.54) is 5.57 Å². The number of nitrogens with two attached hydrogens (primary N) is 1. The van der Waals surface area contributed by atoms with Gasteiger partial charge in [0.25, 0.3) is 0 Å². The van der Waals surface area contributed by atoms with E-state index in [4.69, 9.17) is 5.73 Å². The van der Waals surface area contributed by atoms with Gasteiger partial charge in [-0.05, 0) is 37.1 Å². The number of rotatable bonds is 8. The molecule has 176 valence electrons. The van der Waals surface area contributed by atoms with Gasteiger partial charge in [0.15, 0.2) is 5.82 Å². The van der Waals surface area contributed by atoms with Crippen LogP contribution in [0.25, 0.3) is 11.6 Å². The van der Waals surface area contributed by atoms with E-state index in [0.717, 1.165) is 56.0 Å². The Morgan fingerprint density at radius 2 is 2.00 bits per heavy atom. The maximum absolute atomic E-state index is 6.26. The lowest BCUT2D eigenvalue weighted by molar-refractivity contribution is 0.190. The highest BCUT2D eigenvalue weighted by atomic mass is 15.3. The van der Waals surface area contributed by atoms with Crippen LogP contribution < -0.4 is 11.1 Å². The molecule has 1 aromatic carbocycles. The second-order valence-corrected chi connectivity index (χ2v) is 8.54. The third-order valence-corrected chi connectivity index (χ3v) is 5.90. The molecule has 34 heavy (non-hydrogen) atoms. The summed E-state index contributed by atoms with van der Waals surface area (Å²) in [7, 11) is 2.14. The molecule has 0 radical (unpaired) electrons. The van der Waals surface area contributed by atoms with E-state index < -0.39 is 0 Å². The Labute approximate surface area is 201 Å². The predicted molar refractivity (Wildman–Crippen MR) is 142 cm³/mol. The molecule has 2 aliphatic rings. The molecule has 2 heterocycles. The highest BCUT2D eigenvalue weighted by Crippen LogP contribution is 2.24. The van der Waals surface area contributed by atoms with Crippen LogP contribution in [0, 0.1) is 0 Å². The van der Waals surface area contributed by atoms with Crippen molar-refractivity contribution >= 4 is 23.3 Å². The number of piperazine rings is 1. The van der Waals surface area contributed by atoms with E-state index in [1.807, 2.05) is 48.6 Å². The van der Waals surface area contributed by atoms with E-state index >= 15 is 0 Å². The van der Waals surface area contributed by atoms with Crippen molar-refractivity contribution in [2.45, 2.75) is 12.8 Å². The fraction of sp³-hybridized carbons (Fsp3) is 0.259. The van der Waals surface area contributed by atoms with E-state index in [0.29, 0.717) is 17.5 Å². The van der Waals surface area contributed by atoms with Crippen molar-refractivity contribution in [2.75, 3.05) is 38.5 Å². The van der Waals surface area contributed by atoms with Crippen LogP contribution in [0.4, 0.5) is 5.82 Å². The molecule has 1 aliphatic carbocycles. The number of amidine groups is 1. The van der Waals surface area contributed by atoms with Gasteiger partial charge in [-0.25, -0.2) is 4.99 Å². The molecule has 0 bridgehead atoms. The summed E-state index contributed by atoms with van der Waals surface area (Å²) in [6.07, 6.45) is 14.1. The lowest BCUT2D eigenvalue weighted by atomic mass is 10.0. The van der Waals surface area contributed by atoms with Gasteiger partial charge in [-0.2, -0.15) is 5.10 Å². The molecule has 0 amide bonds. The van der Waals surface area contributed by atoms with Crippen molar-refractivity contribution in [3.8, 4) is 0 Å². The normalized spacial score (nSPS) is 17.8. The topological polar surface area (TPSA) is 85.6 Å². The first kappa shape index (κ1) is 23.3. The Bertz CT molecular complexity index is 1130. The Balaban J connectivity index is 1.54. The molecule has 1 aliphatic heterocycles. The first-order chi connectivity index (χ1) is 16.6. The monoisotopic (exact) mass is 455 g/mol. The number of aliphatic imine (C=N–C) groups is 1. The zero-order chi connectivity index (χ0) is 23.8. The van der Waals surface area contributed by atoms with Gasteiger partial charge >= 0.3 is 0 Å². The molecule has 4 N–H and O–H groups in total. The molecule has 4 rings (SSSR count). The fourth-order valence-corrected chi connectivity index (χ4v) is 3.87. The average Bonchev–Trinajstić information content (AvgIpc) is 3.33. The third-order valence-electron chi connectivity index (χ3n) is 5.90. The Morgan fingerprint density at radius 3 is 2.74 bits per heavy atom. The Hall–Kier alpha value is -3.84. The summed E-state index contributed by atoms with van der Waals surface area (Å²) in [6.45, 7) is 8.16. The van der Waals surface area contributed by atoms with Crippen LogP contribution in [0.1, 0.15) is 24.1 Å². The highest BCUT2D eigenvalue weighted by Gasteiger charge is 2.15. The van der Waals surface area contributed by atoms with Gasteiger partial charge in [0.2, 0.25) is 0 Å². The van der Waals surface area contributed by atoms with Gasteiger partial charge in [-0.1, -0.05) is 61.2 Å². The minimum absolute atomic E-state index is 0.393. The number of nitrogens with zero attached hydrogens (tertiary/aromatic N) is 4. The molecule has 1 saturated heterocycles. The van der Waals surface area contributed by atoms with Crippen molar-refractivity contribution in [2.24, 2.45) is 10.7 Å². The first-order valence-corrected chi connectivity index (χ1v) is 11.7. The van der Waals surface area contributed by atoms with Crippen molar-refractivity contribution in [3.05, 3.63) is 96.1 Å². The SMILES string of the molecule is C=C(\C=C(/N=C(N)/C=C/c1ccccc1)Nc1cc(C2=CC=CCC2)[nH]n1)N1CCN(C)CC1. The zero-order valence-electron chi connectivity index (χ0n) is 19.7. The minimum atomic E-state index is 0.393. The van der Waals surface area contributed by atoms with Crippen LogP contribution in [0.15, 0.2) is 89.9 Å². The van der Waals surface area contributed by atoms with E-state index in [1.54, 1.807) is 6.08 Å². The van der Waals surface area contributed by atoms with Gasteiger partial charge in [-0.3, -0.25) is 5.10 Å². The van der Waals surface area contributed by atoms with Gasteiger partial charge in [-0.15, -0.1) is 0 Å². The molecule has 7 heteroatoms. The molecular formula is C27H33N7. The largest absolute Gasteiger partial charge is 0.384 e. The number of hydrogen-bond donors (Lipinski definition) is 3. The van der Waals surface area contributed by atoms with Gasteiger partial charge in [0.05, 0.1) is 5.69 Å². The van der Waals surface area contributed by atoms with E-state index in [-0.39, 0.29) is 0 Å². The summed E-state index contributed by atoms with van der Waals surface area (Å²) in [5.74, 6) is 1.67. The van der Waals surface area contributed by atoms with Crippen LogP contribution in [-0.2, 0) is 0 Å². The molecule has 0 saturated carbocycles. The molecule has 7 nitrogen and oxygen atoms in total. The molecule has 2 aromatic rings. The van der Waals surface area contributed by atoms with E-state index in [2.05, 4.69) is 62.2 Å². The van der Waals surface area contributed by atoms with Crippen molar-refractivity contribution in [1.82, 2.24) is 20.0 Å². The number of benzene rings is 1. The number of allylic oxidation sites excluding steroid dienone is 5. The first-order valence-electron chi connectivity index (χ1n) is 11.7. The average molecular weight is 456 g/mol. The van der Waals surface area contributed by atoms with Crippen LogP contribution >= 0.6 is 0 Å². The lowest BCUT2D eigenvalue weighted by Crippen LogP contribution is -2.43. The van der Waals surface area contributed by atoms with Gasteiger partial charge in [0.1, 0.15) is 11.7 Å². The zero-order valence-corrected chi connectivity index (χ0v) is 19.7. The molecule has 0 unspecified atom stereocenters. The smallest absolute Gasteiger partial charge is 0.153 e. The summed E-state index contributed by atoms with van der Waals surface area (Å²) in [5.41, 5.74) is 10.5. The molecular weight excluding hydrogens is 422 g/mol. The number of aromatic amines is 1. The predicted octanol–water partition coefficient (Wildman–Crippen LogP) is 4.23. The fourth-order valence-electron chi connectivity index (χ4n) is 3.87. The third kappa shape index (κ3) is 6.59. The van der Waals surface area contributed by atoms with Gasteiger partial charge < -0.3 is 20.9 Å². The summed E-state index contributed by atoms with van der Waals surface area (Å²) in [6, 6.07) is 12.0. The molecule has 1 fully saturated rings. The molecule has 0 atom stereocenters. The highest BCUT2D eigenvalue weighted by molar-refractivity contribution is 5.96. The minimum Gasteiger partial charge on any atom is -0.384 e. The number of hydrogen-bond acceptors (Lipinski definition) is 5. The number of aromatic nitrogens is 2. The molecule has 0 spiro atoms. The van der Waals surface area contributed by atoms with Crippen molar-refractivity contribution < 1.29 is 0 Å². The second kappa shape index (κ2) is 11.3. The quantitative estimate of drug-likeness (QED) is 0.315. The van der Waals surface area contributed by atoms with Crippen molar-refractivity contribution in [3.63, 3.8) is 0 Å². The van der Waals surface area contributed by atoms with E-state index in [9.17, 15) is 0 Å². The lowest BCUT2D eigenvalue weighted by Gasteiger charge is -2.34. The standard InChI is InChI=1S/C27H33N7/c1-21(34-17-15-33(2)16-18-34)19-26(29-25(28)14-13-22-9-5-3-6-10-22)30-27-20-24(31-32-27)23-11-7-4-8-12-23/h3-7,9-11,13-14,19-20H,1,8,12,15-18H2,2H3,(H2,28,29)(H2,30,31,32)/b14-13+,26-19+. The number of anilines is 1. The second-order valence-electron chi connectivity index (χ2n) is 8.54. The van der Waals surface area contributed by atoms with Crippen LogP contribution in [0.5, 0.6) is 0 Å². The Morgan fingerprint density at radius 1 is 1.21 bits per heavy atom. The molecule has 1 aromatic heterocycles. The van der Waals surface area contributed by atoms with Crippen LogP contribution in [0.3, 0.4) is 0 Å². The van der Waals surface area contributed by atoms with Gasteiger partial charge in [0, 0.05) is 44.0 Å². The maximum atomic E-state index is 6.26. The van der Waals surface area contributed by atoms with Crippen LogP contribution in [-0.4, -0.2) is 59.1 Å². The summed E-state index contributed by atoms with van der Waals surface area (Å²) < 4.78 is 0. The summed E-state index contributed by atoms with van der Waals surface area (Å²) >= 11 is 0. The van der Waals surface area contributed by atoms with Crippen LogP contribution in [0.2, 0.25) is 0 Å². The maximum Gasteiger partial charge on any atom is 0.153 e. The number of nitrogens with one attached hydrogen (secondary N) is 2. The number of likely N-dealkylation sites (N-methyl/N-ethyl adjacent to an activating group) is 1. The summed E-state index contributed by atoms with van der Waals surface area (Å²) in [4.78, 5) is 9.22. The summed E-state index contributed by atoms with van der Waals surface area (Å²) in [5, 5.41) is 10.9. The Kier molecular flexibility index (Phi) is 7.78. The number of H-pyrrole nitrogens is 1.